The number of pyridine rings is 1. The highest BCUT2D eigenvalue weighted by molar-refractivity contribution is 6.13. The Morgan fingerprint density at radius 1 is 1.50 bits per heavy atom. The highest BCUT2D eigenvalue weighted by atomic mass is 16.2. The average Bonchev–Trinajstić information content (AvgIpc) is 2.37. The van der Waals surface area contributed by atoms with Crippen molar-refractivity contribution in [2.24, 2.45) is 5.73 Å². The number of carbonyl (C=O) groups excluding carboxylic acids is 2. The molecule has 18 heavy (non-hydrogen) atoms. The van der Waals surface area contributed by atoms with E-state index in [1.807, 2.05) is 0 Å². The minimum absolute atomic E-state index is 0.171. The van der Waals surface area contributed by atoms with Crippen LogP contribution in [-0.2, 0) is 9.59 Å². The molecule has 0 aromatic carbocycles. The van der Waals surface area contributed by atoms with Gasteiger partial charge in [0.2, 0.25) is 5.91 Å². The predicted molar refractivity (Wildman–Crippen MR) is 66.6 cm³/mol. The van der Waals surface area contributed by atoms with Crippen LogP contribution in [0.4, 0.5) is 11.5 Å². The van der Waals surface area contributed by atoms with Crippen LogP contribution < -0.4 is 21.7 Å². The summed E-state index contributed by atoms with van der Waals surface area (Å²) in [5, 5.41) is 7.98. The molecule has 5 N–H and O–H groups in total. The average molecular weight is 247 g/mol. The molecule has 0 aliphatic carbocycles. The van der Waals surface area contributed by atoms with E-state index in [1.54, 1.807) is 18.3 Å². The van der Waals surface area contributed by atoms with Gasteiger partial charge in [-0.3, -0.25) is 9.59 Å². The Morgan fingerprint density at radius 3 is 3.11 bits per heavy atom. The van der Waals surface area contributed by atoms with Crippen LogP contribution >= 0.6 is 0 Å². The molecule has 0 radical (unpaired) electrons. The molecule has 2 rings (SSSR count). The summed E-state index contributed by atoms with van der Waals surface area (Å²) in [6.07, 6.45) is 2.77. The van der Waals surface area contributed by atoms with E-state index in [0.717, 1.165) is 0 Å². The molecule has 0 unspecified atom stereocenters. The zero-order valence-corrected chi connectivity index (χ0v) is 9.56. The first-order valence-electron chi connectivity index (χ1n) is 5.43. The molecule has 7 nitrogen and oxygen atoms in total. The maximum Gasteiger partial charge on any atom is 0.273 e. The summed E-state index contributed by atoms with van der Waals surface area (Å²) in [5.74, 6) is -0.323. The van der Waals surface area contributed by atoms with Crippen LogP contribution in [0.2, 0.25) is 0 Å². The van der Waals surface area contributed by atoms with Gasteiger partial charge in [-0.2, -0.15) is 0 Å². The van der Waals surface area contributed by atoms with Gasteiger partial charge in [0.25, 0.3) is 5.91 Å². The minimum atomic E-state index is -0.399. The maximum absolute atomic E-state index is 11.7. The second-order valence-electron chi connectivity index (χ2n) is 3.62. The molecule has 2 heterocycles. The third-order valence-corrected chi connectivity index (χ3v) is 2.27. The standard InChI is InChI=1S/C11H13N5O2/c12-3-5-13-9(17)6-8-11(18)16-10-7(15-8)2-1-4-14-10/h1-2,4,6,15H,3,5,12H2,(H,13,17)(H,14,16,18)/b8-6+. The lowest BCUT2D eigenvalue weighted by Crippen LogP contribution is -2.31. The number of hydrogen-bond acceptors (Lipinski definition) is 5. The smallest absolute Gasteiger partial charge is 0.273 e. The molecule has 0 fully saturated rings. The molecule has 0 saturated heterocycles. The fourth-order valence-electron chi connectivity index (χ4n) is 1.46. The summed E-state index contributed by atoms with van der Waals surface area (Å²) in [6, 6.07) is 3.49. The first-order chi connectivity index (χ1) is 8.70. The van der Waals surface area contributed by atoms with Gasteiger partial charge >= 0.3 is 0 Å². The van der Waals surface area contributed by atoms with Crippen molar-refractivity contribution in [1.82, 2.24) is 10.3 Å². The van der Waals surface area contributed by atoms with Crippen molar-refractivity contribution < 1.29 is 9.59 Å². The summed E-state index contributed by atoms with van der Waals surface area (Å²) in [5.41, 5.74) is 6.08. The zero-order chi connectivity index (χ0) is 13.0. The van der Waals surface area contributed by atoms with E-state index < -0.39 is 5.91 Å². The van der Waals surface area contributed by atoms with E-state index in [1.165, 1.54) is 6.08 Å². The Bertz CT molecular complexity index is 512. The van der Waals surface area contributed by atoms with E-state index in [9.17, 15) is 9.59 Å². The summed E-state index contributed by atoms with van der Waals surface area (Å²) >= 11 is 0. The molecule has 0 bridgehead atoms. The number of amides is 2. The van der Waals surface area contributed by atoms with Crippen molar-refractivity contribution in [3.63, 3.8) is 0 Å². The van der Waals surface area contributed by atoms with Crippen molar-refractivity contribution in [3.8, 4) is 0 Å². The van der Waals surface area contributed by atoms with Gasteiger partial charge in [0.05, 0.1) is 5.69 Å². The van der Waals surface area contributed by atoms with Crippen LogP contribution in [0.15, 0.2) is 30.1 Å². The topological polar surface area (TPSA) is 109 Å². The molecule has 1 aromatic heterocycles. The minimum Gasteiger partial charge on any atom is -0.351 e. The van der Waals surface area contributed by atoms with Crippen molar-refractivity contribution >= 4 is 23.3 Å². The van der Waals surface area contributed by atoms with E-state index >= 15 is 0 Å². The van der Waals surface area contributed by atoms with Gasteiger partial charge in [0, 0.05) is 25.4 Å². The van der Waals surface area contributed by atoms with E-state index in [2.05, 4.69) is 20.9 Å². The fraction of sp³-hybridized carbons (Fsp3) is 0.182. The van der Waals surface area contributed by atoms with Crippen LogP contribution in [0.3, 0.4) is 0 Å². The van der Waals surface area contributed by atoms with Gasteiger partial charge in [0.15, 0.2) is 5.82 Å². The van der Waals surface area contributed by atoms with E-state index in [-0.39, 0.29) is 11.6 Å². The number of anilines is 2. The van der Waals surface area contributed by atoms with Gasteiger partial charge < -0.3 is 21.7 Å². The number of carbonyl (C=O) groups is 2. The first kappa shape index (κ1) is 12.1. The SMILES string of the molecule is NCCNC(=O)/C=C1/Nc2cccnc2NC1=O. The van der Waals surface area contributed by atoms with Crippen LogP contribution in [0, 0.1) is 0 Å². The second-order valence-corrected chi connectivity index (χ2v) is 3.62. The molecular formula is C11H13N5O2. The monoisotopic (exact) mass is 247 g/mol. The van der Waals surface area contributed by atoms with Crippen molar-refractivity contribution in [3.05, 3.63) is 30.1 Å². The number of aromatic nitrogens is 1. The quantitative estimate of drug-likeness (QED) is 0.533. The fourth-order valence-corrected chi connectivity index (χ4v) is 1.46. The number of fused-ring (bicyclic) bond motifs is 1. The van der Waals surface area contributed by atoms with Crippen molar-refractivity contribution in [1.29, 1.82) is 0 Å². The Hall–Kier alpha value is -2.41. The lowest BCUT2D eigenvalue weighted by molar-refractivity contribution is -0.117. The summed E-state index contributed by atoms with van der Waals surface area (Å²) in [4.78, 5) is 27.1. The Kier molecular flexibility index (Phi) is 3.54. The second kappa shape index (κ2) is 5.28. The van der Waals surface area contributed by atoms with Crippen LogP contribution in [0.25, 0.3) is 0 Å². The van der Waals surface area contributed by atoms with Gasteiger partial charge in [-0.15, -0.1) is 0 Å². The Labute approximate surface area is 103 Å². The van der Waals surface area contributed by atoms with E-state index in [4.69, 9.17) is 5.73 Å². The lowest BCUT2D eigenvalue weighted by atomic mass is 10.2. The number of hydrogen-bond donors (Lipinski definition) is 4. The predicted octanol–water partition coefficient (Wildman–Crippen LogP) is -0.596. The molecule has 0 atom stereocenters. The maximum atomic E-state index is 11.7. The summed E-state index contributed by atoms with van der Waals surface area (Å²) < 4.78 is 0. The third-order valence-electron chi connectivity index (χ3n) is 2.27. The highest BCUT2D eigenvalue weighted by Crippen LogP contribution is 2.24. The molecule has 0 saturated carbocycles. The molecule has 1 aliphatic heterocycles. The van der Waals surface area contributed by atoms with Crippen molar-refractivity contribution in [2.75, 3.05) is 23.7 Å². The normalized spacial score (nSPS) is 15.6. The number of nitrogens with zero attached hydrogens (tertiary/aromatic N) is 1. The van der Waals surface area contributed by atoms with Crippen molar-refractivity contribution in [2.45, 2.75) is 0 Å². The zero-order valence-electron chi connectivity index (χ0n) is 9.56. The third kappa shape index (κ3) is 2.64. The molecule has 1 aliphatic rings. The molecule has 7 heteroatoms. The van der Waals surface area contributed by atoms with Crippen LogP contribution in [0.5, 0.6) is 0 Å². The number of rotatable bonds is 3. The largest absolute Gasteiger partial charge is 0.351 e. The van der Waals surface area contributed by atoms with E-state index in [0.29, 0.717) is 24.6 Å². The lowest BCUT2D eigenvalue weighted by Gasteiger charge is -2.19. The van der Waals surface area contributed by atoms with Gasteiger partial charge in [-0.25, -0.2) is 4.98 Å². The summed E-state index contributed by atoms with van der Waals surface area (Å²) in [6.45, 7) is 0.712. The summed E-state index contributed by atoms with van der Waals surface area (Å²) in [7, 11) is 0. The van der Waals surface area contributed by atoms with Gasteiger partial charge in [0.1, 0.15) is 5.70 Å². The molecular weight excluding hydrogens is 234 g/mol. The Balaban J connectivity index is 2.14. The molecule has 2 amide bonds. The number of nitrogens with two attached hydrogens (primary N) is 1. The number of nitrogens with one attached hydrogen (secondary N) is 3. The molecule has 1 aromatic rings. The molecule has 0 spiro atoms. The van der Waals surface area contributed by atoms with Crippen LogP contribution in [-0.4, -0.2) is 29.9 Å². The highest BCUT2D eigenvalue weighted by Gasteiger charge is 2.20. The molecule has 94 valence electrons. The Morgan fingerprint density at radius 2 is 2.33 bits per heavy atom. The van der Waals surface area contributed by atoms with Crippen LogP contribution in [0.1, 0.15) is 0 Å². The first-order valence-corrected chi connectivity index (χ1v) is 5.43. The van der Waals surface area contributed by atoms with Gasteiger partial charge in [-0.05, 0) is 12.1 Å². The van der Waals surface area contributed by atoms with Gasteiger partial charge in [-0.1, -0.05) is 0 Å².